The minimum atomic E-state index is -1.02. The van der Waals surface area contributed by atoms with E-state index in [-0.39, 0.29) is 5.69 Å². The molecule has 4 nitrogen and oxygen atoms in total. The highest BCUT2D eigenvalue weighted by Crippen LogP contribution is 2.24. The van der Waals surface area contributed by atoms with Crippen molar-refractivity contribution in [3.8, 4) is 0 Å². The van der Waals surface area contributed by atoms with Gasteiger partial charge < -0.3 is 5.11 Å². The largest absolute Gasteiger partial charge is 0.476 e. The summed E-state index contributed by atoms with van der Waals surface area (Å²) in [6.07, 6.45) is 1.30. The van der Waals surface area contributed by atoms with E-state index in [0.717, 1.165) is 11.1 Å². The van der Waals surface area contributed by atoms with Crippen LogP contribution in [-0.2, 0) is 0 Å². The number of aromatic nitrogens is 2. The Morgan fingerprint density at radius 2 is 2.06 bits per heavy atom. The van der Waals surface area contributed by atoms with Crippen molar-refractivity contribution in [2.45, 2.75) is 19.8 Å². The lowest BCUT2D eigenvalue weighted by molar-refractivity contribution is 0.0692. The number of rotatable bonds is 2. The highest BCUT2D eigenvalue weighted by molar-refractivity contribution is 6.01. The van der Waals surface area contributed by atoms with Crippen LogP contribution in [-0.4, -0.2) is 21.0 Å². The molecule has 82 valence electrons. The summed E-state index contributed by atoms with van der Waals surface area (Å²) in [5.74, 6) is -0.714. The van der Waals surface area contributed by atoms with Gasteiger partial charge in [-0.2, -0.15) is 0 Å². The summed E-state index contributed by atoms with van der Waals surface area (Å²) < 4.78 is 0. The summed E-state index contributed by atoms with van der Waals surface area (Å²) in [7, 11) is 0. The van der Waals surface area contributed by atoms with Gasteiger partial charge in [0.15, 0.2) is 5.69 Å². The van der Waals surface area contributed by atoms with Gasteiger partial charge in [0.1, 0.15) is 6.33 Å². The quantitative estimate of drug-likeness (QED) is 0.837. The third-order valence-electron chi connectivity index (χ3n) is 2.52. The summed E-state index contributed by atoms with van der Waals surface area (Å²) >= 11 is 0. The fourth-order valence-corrected chi connectivity index (χ4v) is 1.75. The zero-order valence-electron chi connectivity index (χ0n) is 9.14. The van der Waals surface area contributed by atoms with Crippen molar-refractivity contribution in [2.75, 3.05) is 0 Å². The van der Waals surface area contributed by atoms with E-state index in [4.69, 9.17) is 5.11 Å². The molecule has 16 heavy (non-hydrogen) atoms. The monoisotopic (exact) mass is 216 g/mol. The number of hydrogen-bond acceptors (Lipinski definition) is 3. The molecule has 0 saturated heterocycles. The number of para-hydroxylation sites is 1. The minimum absolute atomic E-state index is 0.0625. The predicted molar refractivity (Wildman–Crippen MR) is 60.6 cm³/mol. The molecule has 0 fully saturated rings. The number of carboxylic acid groups (broad SMARTS) is 1. The SMILES string of the molecule is CC(C)c1cccc2c(C(=O)O)ncnc12. The van der Waals surface area contributed by atoms with Crippen molar-refractivity contribution in [3.63, 3.8) is 0 Å². The molecule has 2 rings (SSSR count). The molecule has 1 aromatic carbocycles. The summed E-state index contributed by atoms with van der Waals surface area (Å²) in [6, 6.07) is 5.55. The van der Waals surface area contributed by atoms with Crippen molar-refractivity contribution in [1.82, 2.24) is 9.97 Å². The van der Waals surface area contributed by atoms with Crippen LogP contribution in [0.1, 0.15) is 35.8 Å². The molecule has 0 aliphatic rings. The Morgan fingerprint density at radius 1 is 1.31 bits per heavy atom. The number of nitrogens with zero attached hydrogens (tertiary/aromatic N) is 2. The number of hydrogen-bond donors (Lipinski definition) is 1. The Labute approximate surface area is 93.0 Å². The number of aromatic carboxylic acids is 1. The van der Waals surface area contributed by atoms with Gasteiger partial charge in [-0.25, -0.2) is 14.8 Å². The molecule has 0 spiro atoms. The van der Waals surface area contributed by atoms with Gasteiger partial charge in [0.25, 0.3) is 0 Å². The first-order valence-electron chi connectivity index (χ1n) is 5.08. The summed E-state index contributed by atoms with van der Waals surface area (Å²) in [5.41, 5.74) is 1.83. The van der Waals surface area contributed by atoms with Crippen LogP contribution in [0.2, 0.25) is 0 Å². The Balaban J connectivity index is 2.81. The predicted octanol–water partition coefficient (Wildman–Crippen LogP) is 2.45. The van der Waals surface area contributed by atoms with Crippen LogP contribution in [0.25, 0.3) is 10.9 Å². The lowest BCUT2D eigenvalue weighted by atomic mass is 9.99. The van der Waals surface area contributed by atoms with Crippen LogP contribution in [0.5, 0.6) is 0 Å². The minimum Gasteiger partial charge on any atom is -0.476 e. The summed E-state index contributed by atoms with van der Waals surface area (Å²) in [6.45, 7) is 4.11. The fraction of sp³-hybridized carbons (Fsp3) is 0.250. The van der Waals surface area contributed by atoms with Gasteiger partial charge in [-0.05, 0) is 11.5 Å². The molecule has 0 unspecified atom stereocenters. The first-order chi connectivity index (χ1) is 7.61. The standard InChI is InChI=1S/C12H12N2O2/c1-7(2)8-4-3-5-9-10(8)13-6-14-11(9)12(15)16/h3-7H,1-2H3,(H,15,16). The van der Waals surface area contributed by atoms with Crippen molar-refractivity contribution in [2.24, 2.45) is 0 Å². The molecule has 0 atom stereocenters. The Kier molecular flexibility index (Phi) is 2.56. The van der Waals surface area contributed by atoms with E-state index in [0.29, 0.717) is 11.3 Å². The van der Waals surface area contributed by atoms with Gasteiger partial charge >= 0.3 is 5.97 Å². The van der Waals surface area contributed by atoms with Gasteiger partial charge in [-0.1, -0.05) is 32.0 Å². The van der Waals surface area contributed by atoms with E-state index < -0.39 is 5.97 Å². The van der Waals surface area contributed by atoms with Gasteiger partial charge in [0.05, 0.1) is 5.52 Å². The van der Waals surface area contributed by atoms with Crippen molar-refractivity contribution >= 4 is 16.9 Å². The molecule has 0 bridgehead atoms. The zero-order chi connectivity index (χ0) is 11.7. The van der Waals surface area contributed by atoms with E-state index in [1.165, 1.54) is 6.33 Å². The molecule has 1 N–H and O–H groups in total. The first-order valence-corrected chi connectivity index (χ1v) is 5.08. The van der Waals surface area contributed by atoms with Crippen molar-refractivity contribution in [1.29, 1.82) is 0 Å². The smallest absolute Gasteiger partial charge is 0.355 e. The molecular weight excluding hydrogens is 204 g/mol. The van der Waals surface area contributed by atoms with Crippen LogP contribution in [0.4, 0.5) is 0 Å². The molecule has 0 amide bonds. The normalized spacial score (nSPS) is 10.9. The average Bonchev–Trinajstić information content (AvgIpc) is 2.27. The molecule has 2 aromatic rings. The van der Waals surface area contributed by atoms with E-state index in [1.807, 2.05) is 12.1 Å². The second kappa shape index (κ2) is 3.89. The Hall–Kier alpha value is -1.97. The van der Waals surface area contributed by atoms with Crippen molar-refractivity contribution < 1.29 is 9.90 Å². The molecule has 0 radical (unpaired) electrons. The Bertz CT molecular complexity index is 550. The zero-order valence-corrected chi connectivity index (χ0v) is 9.14. The topological polar surface area (TPSA) is 63.1 Å². The third-order valence-corrected chi connectivity index (χ3v) is 2.52. The molecule has 4 heteroatoms. The maximum atomic E-state index is 11.0. The van der Waals surface area contributed by atoms with E-state index >= 15 is 0 Å². The fourth-order valence-electron chi connectivity index (χ4n) is 1.75. The number of carboxylic acids is 1. The first kappa shape index (κ1) is 10.5. The van der Waals surface area contributed by atoms with Crippen LogP contribution < -0.4 is 0 Å². The molecule has 0 aliphatic heterocycles. The average molecular weight is 216 g/mol. The van der Waals surface area contributed by atoms with Crippen LogP contribution in [0.15, 0.2) is 24.5 Å². The number of benzene rings is 1. The molecular formula is C12H12N2O2. The van der Waals surface area contributed by atoms with Crippen LogP contribution in [0.3, 0.4) is 0 Å². The van der Waals surface area contributed by atoms with E-state index in [2.05, 4.69) is 23.8 Å². The van der Waals surface area contributed by atoms with Gasteiger partial charge in [-0.3, -0.25) is 0 Å². The lowest BCUT2D eigenvalue weighted by Gasteiger charge is -2.09. The van der Waals surface area contributed by atoms with Crippen LogP contribution in [0, 0.1) is 0 Å². The van der Waals surface area contributed by atoms with Crippen LogP contribution >= 0.6 is 0 Å². The highest BCUT2D eigenvalue weighted by Gasteiger charge is 2.13. The number of carbonyl (C=O) groups is 1. The second-order valence-electron chi connectivity index (χ2n) is 3.93. The Morgan fingerprint density at radius 3 is 2.69 bits per heavy atom. The molecule has 1 heterocycles. The van der Waals surface area contributed by atoms with Gasteiger partial charge in [0, 0.05) is 5.39 Å². The molecule has 0 aliphatic carbocycles. The van der Waals surface area contributed by atoms with Gasteiger partial charge in [0.2, 0.25) is 0 Å². The highest BCUT2D eigenvalue weighted by atomic mass is 16.4. The third kappa shape index (κ3) is 1.62. The van der Waals surface area contributed by atoms with Gasteiger partial charge in [-0.15, -0.1) is 0 Å². The van der Waals surface area contributed by atoms with Crippen molar-refractivity contribution in [3.05, 3.63) is 35.8 Å². The summed E-state index contributed by atoms with van der Waals surface area (Å²) in [5, 5.41) is 9.62. The molecule has 0 saturated carbocycles. The maximum Gasteiger partial charge on any atom is 0.355 e. The van der Waals surface area contributed by atoms with E-state index in [1.54, 1.807) is 6.07 Å². The van der Waals surface area contributed by atoms with E-state index in [9.17, 15) is 4.79 Å². The lowest BCUT2D eigenvalue weighted by Crippen LogP contribution is -2.03. The summed E-state index contributed by atoms with van der Waals surface area (Å²) in [4.78, 5) is 19.0. The second-order valence-corrected chi connectivity index (χ2v) is 3.93. The maximum absolute atomic E-state index is 11.0. The molecule has 1 aromatic heterocycles. The number of fused-ring (bicyclic) bond motifs is 1.